The van der Waals surface area contributed by atoms with Gasteiger partial charge in [0, 0.05) is 12.1 Å². The molecule has 0 heterocycles. The Labute approximate surface area is 109 Å². The lowest BCUT2D eigenvalue weighted by Gasteiger charge is -2.17. The Balaban J connectivity index is 2.25. The number of nitrogens with one attached hydrogen (secondary N) is 1. The molecular formula is C14H12ClF2N. The van der Waals surface area contributed by atoms with Crippen molar-refractivity contribution in [1.82, 2.24) is 0 Å². The predicted molar refractivity (Wildman–Crippen MR) is 69.8 cm³/mol. The minimum atomic E-state index is -0.692. The van der Waals surface area contributed by atoms with Crippen LogP contribution in [0.4, 0.5) is 14.5 Å². The van der Waals surface area contributed by atoms with Gasteiger partial charge in [-0.3, -0.25) is 0 Å². The number of hydrogen-bond donors (Lipinski definition) is 1. The third-order valence-corrected chi connectivity index (χ3v) is 2.97. The third kappa shape index (κ3) is 2.79. The fourth-order valence-corrected chi connectivity index (χ4v) is 1.97. The monoisotopic (exact) mass is 267 g/mol. The second-order valence-corrected chi connectivity index (χ2v) is 4.43. The van der Waals surface area contributed by atoms with Crippen LogP contribution >= 0.6 is 11.6 Å². The molecule has 0 aliphatic heterocycles. The first-order valence-electron chi connectivity index (χ1n) is 5.54. The second-order valence-electron chi connectivity index (χ2n) is 4.02. The minimum Gasteiger partial charge on any atom is -0.375 e. The van der Waals surface area contributed by atoms with Crippen molar-refractivity contribution in [3.8, 4) is 0 Å². The molecule has 1 nitrogen and oxygen atoms in total. The molecule has 94 valence electrons. The summed E-state index contributed by atoms with van der Waals surface area (Å²) in [7, 11) is 0. The molecule has 0 saturated heterocycles. The van der Waals surface area contributed by atoms with Gasteiger partial charge in [0.2, 0.25) is 0 Å². The Hall–Kier alpha value is -1.61. The van der Waals surface area contributed by atoms with E-state index in [-0.39, 0.29) is 16.8 Å². The van der Waals surface area contributed by atoms with E-state index in [9.17, 15) is 8.78 Å². The van der Waals surface area contributed by atoms with Crippen LogP contribution in [0.1, 0.15) is 18.5 Å². The van der Waals surface area contributed by atoms with Crippen molar-refractivity contribution in [2.45, 2.75) is 13.0 Å². The Morgan fingerprint density at radius 3 is 2.39 bits per heavy atom. The van der Waals surface area contributed by atoms with Gasteiger partial charge in [0.15, 0.2) is 5.82 Å². The Morgan fingerprint density at radius 1 is 1.11 bits per heavy atom. The molecule has 2 aromatic carbocycles. The summed E-state index contributed by atoms with van der Waals surface area (Å²) in [5, 5.41) is 2.99. The van der Waals surface area contributed by atoms with Gasteiger partial charge in [-0.25, -0.2) is 8.78 Å². The van der Waals surface area contributed by atoms with Crippen LogP contribution in [0, 0.1) is 11.6 Å². The lowest BCUT2D eigenvalue weighted by atomic mass is 10.1. The van der Waals surface area contributed by atoms with Gasteiger partial charge in [-0.2, -0.15) is 0 Å². The molecule has 0 spiro atoms. The normalized spacial score (nSPS) is 12.2. The Kier molecular flexibility index (Phi) is 3.82. The van der Waals surface area contributed by atoms with E-state index in [1.807, 2.05) is 37.3 Å². The van der Waals surface area contributed by atoms with Crippen molar-refractivity contribution in [3.63, 3.8) is 0 Å². The minimum absolute atomic E-state index is 0.0373. The highest BCUT2D eigenvalue weighted by Crippen LogP contribution is 2.29. The number of rotatable bonds is 3. The molecule has 0 radical (unpaired) electrons. The molecule has 4 heteroatoms. The van der Waals surface area contributed by atoms with Crippen molar-refractivity contribution in [1.29, 1.82) is 0 Å². The molecule has 2 rings (SSSR count). The van der Waals surface area contributed by atoms with Gasteiger partial charge >= 0.3 is 0 Å². The molecule has 0 saturated carbocycles. The molecule has 1 N–H and O–H groups in total. The lowest BCUT2D eigenvalue weighted by molar-refractivity contribution is 0.584. The van der Waals surface area contributed by atoms with Gasteiger partial charge in [0.1, 0.15) is 5.82 Å². The molecule has 0 fully saturated rings. The summed E-state index contributed by atoms with van der Waals surface area (Å²) in [5.41, 5.74) is 1.12. The van der Waals surface area contributed by atoms with Crippen LogP contribution in [0.2, 0.25) is 5.02 Å². The maximum atomic E-state index is 13.6. The quantitative estimate of drug-likeness (QED) is 0.843. The zero-order valence-corrected chi connectivity index (χ0v) is 10.5. The average Bonchev–Trinajstić information content (AvgIpc) is 2.34. The Morgan fingerprint density at radius 2 is 1.78 bits per heavy atom. The molecule has 0 amide bonds. The van der Waals surface area contributed by atoms with Crippen molar-refractivity contribution in [3.05, 3.63) is 64.7 Å². The van der Waals surface area contributed by atoms with Gasteiger partial charge in [-0.05, 0) is 18.6 Å². The first kappa shape index (κ1) is 12.8. The van der Waals surface area contributed by atoms with E-state index >= 15 is 0 Å². The van der Waals surface area contributed by atoms with Crippen molar-refractivity contribution in [2.75, 3.05) is 5.32 Å². The number of halogens is 3. The van der Waals surface area contributed by atoms with Crippen molar-refractivity contribution >= 4 is 17.3 Å². The SMILES string of the molecule is CC(Nc1c(F)cc(F)cc1Cl)c1ccccc1. The lowest BCUT2D eigenvalue weighted by Crippen LogP contribution is -2.08. The zero-order chi connectivity index (χ0) is 13.1. The molecule has 1 unspecified atom stereocenters. The van der Waals surface area contributed by atoms with Crippen LogP contribution in [-0.4, -0.2) is 0 Å². The average molecular weight is 268 g/mol. The number of benzene rings is 2. The van der Waals surface area contributed by atoms with Gasteiger partial charge < -0.3 is 5.32 Å². The largest absolute Gasteiger partial charge is 0.375 e. The predicted octanol–water partition coefficient (Wildman–Crippen LogP) is 4.79. The summed E-state index contributed by atoms with van der Waals surface area (Å²) in [5.74, 6) is -1.38. The molecule has 0 aliphatic carbocycles. The fourth-order valence-electron chi connectivity index (χ4n) is 1.72. The van der Waals surface area contributed by atoms with E-state index < -0.39 is 11.6 Å². The highest BCUT2D eigenvalue weighted by atomic mass is 35.5. The summed E-state index contributed by atoms with van der Waals surface area (Å²) < 4.78 is 26.5. The topological polar surface area (TPSA) is 12.0 Å². The van der Waals surface area contributed by atoms with Crippen LogP contribution in [0.5, 0.6) is 0 Å². The van der Waals surface area contributed by atoms with Gasteiger partial charge in [-0.15, -0.1) is 0 Å². The summed E-state index contributed by atoms with van der Waals surface area (Å²) in [6.45, 7) is 1.88. The zero-order valence-electron chi connectivity index (χ0n) is 9.75. The van der Waals surface area contributed by atoms with E-state index in [2.05, 4.69) is 5.32 Å². The van der Waals surface area contributed by atoms with Crippen LogP contribution in [0.3, 0.4) is 0 Å². The Bertz CT molecular complexity index is 520. The first-order valence-corrected chi connectivity index (χ1v) is 5.91. The third-order valence-electron chi connectivity index (χ3n) is 2.67. The van der Waals surface area contributed by atoms with Gasteiger partial charge in [0.05, 0.1) is 10.7 Å². The maximum absolute atomic E-state index is 13.6. The van der Waals surface area contributed by atoms with Crippen LogP contribution < -0.4 is 5.32 Å². The van der Waals surface area contributed by atoms with Crippen molar-refractivity contribution in [2.24, 2.45) is 0 Å². The van der Waals surface area contributed by atoms with Gasteiger partial charge in [0.25, 0.3) is 0 Å². The van der Waals surface area contributed by atoms with E-state index in [0.717, 1.165) is 17.7 Å². The molecule has 2 aromatic rings. The molecular weight excluding hydrogens is 256 g/mol. The van der Waals surface area contributed by atoms with Crippen molar-refractivity contribution < 1.29 is 8.78 Å². The first-order chi connectivity index (χ1) is 8.58. The number of anilines is 1. The van der Waals surface area contributed by atoms with Gasteiger partial charge in [-0.1, -0.05) is 41.9 Å². The number of hydrogen-bond acceptors (Lipinski definition) is 1. The standard InChI is InChI=1S/C14H12ClF2N/c1-9(10-5-3-2-4-6-10)18-14-12(15)7-11(16)8-13(14)17/h2-9,18H,1H3. The molecule has 1 atom stereocenters. The van der Waals surface area contributed by atoms with Crippen LogP contribution in [0.25, 0.3) is 0 Å². The summed E-state index contributed by atoms with van der Waals surface area (Å²) >= 11 is 5.82. The highest BCUT2D eigenvalue weighted by molar-refractivity contribution is 6.33. The van der Waals surface area contributed by atoms with E-state index in [1.165, 1.54) is 0 Å². The summed E-state index contributed by atoms with van der Waals surface area (Å²) in [6, 6.07) is 11.3. The molecule has 18 heavy (non-hydrogen) atoms. The fraction of sp³-hybridized carbons (Fsp3) is 0.143. The second kappa shape index (κ2) is 5.36. The van der Waals surface area contributed by atoms with E-state index in [0.29, 0.717) is 0 Å². The molecule has 0 aromatic heterocycles. The molecule has 0 aliphatic rings. The van der Waals surface area contributed by atoms with Crippen LogP contribution in [-0.2, 0) is 0 Å². The molecule has 0 bridgehead atoms. The van der Waals surface area contributed by atoms with E-state index in [1.54, 1.807) is 0 Å². The summed E-state index contributed by atoms with van der Waals surface area (Å²) in [4.78, 5) is 0. The highest BCUT2D eigenvalue weighted by Gasteiger charge is 2.13. The maximum Gasteiger partial charge on any atom is 0.150 e. The van der Waals surface area contributed by atoms with Crippen LogP contribution in [0.15, 0.2) is 42.5 Å². The van der Waals surface area contributed by atoms with E-state index in [4.69, 9.17) is 11.6 Å². The smallest absolute Gasteiger partial charge is 0.150 e. The summed E-state index contributed by atoms with van der Waals surface area (Å²) in [6.07, 6.45) is 0.